The summed E-state index contributed by atoms with van der Waals surface area (Å²) in [6.45, 7) is 8.85. The van der Waals surface area contributed by atoms with Crippen molar-refractivity contribution in [2.45, 2.75) is 89.0 Å². The summed E-state index contributed by atoms with van der Waals surface area (Å²) >= 11 is 1.01. The molecule has 0 unspecified atom stereocenters. The van der Waals surface area contributed by atoms with Gasteiger partial charge in [0.05, 0.1) is 24.2 Å². The fourth-order valence-electron chi connectivity index (χ4n) is 7.47. The average Bonchev–Trinajstić information content (AvgIpc) is 3.65. The van der Waals surface area contributed by atoms with Crippen molar-refractivity contribution >= 4 is 48.1 Å². The SMILES string of the molecule is CC[C@@H](Cn1c(C#N)cc2c(C)c(CN3CCC(Nc4nc(OC)nc5sc(CC(F)(F)F)cc45)CC3)ccc21)N1CCC(S(C)(=O)=O)CC1. The van der Waals surface area contributed by atoms with Crippen LogP contribution in [0.15, 0.2) is 24.3 Å². The van der Waals surface area contributed by atoms with Crippen molar-refractivity contribution in [3.05, 3.63) is 46.0 Å². The number of thiophene rings is 1. The normalized spacial score (nSPS) is 18.1. The number of nitrogens with one attached hydrogen (secondary N) is 1. The third-order valence-electron chi connectivity index (χ3n) is 10.3. The zero-order valence-corrected chi connectivity index (χ0v) is 30.5. The zero-order valence-electron chi connectivity index (χ0n) is 28.9. The number of hydrogen-bond donors (Lipinski definition) is 1. The number of piperidine rings is 2. The molecule has 0 amide bonds. The maximum absolute atomic E-state index is 13.1. The average molecular weight is 732 g/mol. The maximum Gasteiger partial charge on any atom is 0.393 e. The molecule has 3 aromatic heterocycles. The van der Waals surface area contributed by atoms with E-state index in [-0.39, 0.29) is 28.2 Å². The van der Waals surface area contributed by atoms with Crippen molar-refractivity contribution in [3.63, 3.8) is 0 Å². The van der Waals surface area contributed by atoms with E-state index in [9.17, 15) is 26.9 Å². The van der Waals surface area contributed by atoms with Gasteiger partial charge in [-0.1, -0.05) is 13.0 Å². The summed E-state index contributed by atoms with van der Waals surface area (Å²) in [5.74, 6) is 0.498. The molecule has 0 spiro atoms. The number of benzene rings is 1. The van der Waals surface area contributed by atoms with Crippen LogP contribution in [0.5, 0.6) is 6.01 Å². The number of anilines is 1. The molecular formula is C35H44F3N7O3S2. The molecule has 6 rings (SSSR count). The van der Waals surface area contributed by atoms with Crippen LogP contribution in [0.25, 0.3) is 21.1 Å². The number of aromatic nitrogens is 3. The lowest BCUT2D eigenvalue weighted by Gasteiger charge is -2.37. The maximum atomic E-state index is 13.1. The van der Waals surface area contributed by atoms with Gasteiger partial charge in [0, 0.05) is 60.3 Å². The van der Waals surface area contributed by atoms with Gasteiger partial charge in [0.15, 0.2) is 0 Å². The van der Waals surface area contributed by atoms with Crippen molar-refractivity contribution in [1.29, 1.82) is 5.26 Å². The van der Waals surface area contributed by atoms with Crippen LogP contribution in [-0.2, 0) is 29.3 Å². The van der Waals surface area contributed by atoms with E-state index >= 15 is 0 Å². The van der Waals surface area contributed by atoms with Crippen molar-refractivity contribution < 1.29 is 26.3 Å². The van der Waals surface area contributed by atoms with Crippen molar-refractivity contribution in [2.24, 2.45) is 0 Å². The number of nitrogens with zero attached hydrogens (tertiary/aromatic N) is 6. The molecule has 4 aromatic rings. The first-order valence-electron chi connectivity index (χ1n) is 17.1. The first-order chi connectivity index (χ1) is 23.8. The van der Waals surface area contributed by atoms with Gasteiger partial charge in [-0.15, -0.1) is 11.3 Å². The van der Waals surface area contributed by atoms with E-state index in [1.807, 2.05) is 6.07 Å². The van der Waals surface area contributed by atoms with Crippen LogP contribution in [0.2, 0.25) is 0 Å². The van der Waals surface area contributed by atoms with Crippen molar-refractivity contribution in [3.8, 4) is 12.1 Å². The minimum Gasteiger partial charge on any atom is -0.467 e. The smallest absolute Gasteiger partial charge is 0.393 e. The second-order valence-corrected chi connectivity index (χ2v) is 17.1. The molecule has 270 valence electrons. The standard InChI is InChI=1S/C35H44F3N7O3S2/c1-5-25(44-14-10-28(11-15-44)50(4,46)47)21-45-26(19-39)16-29-22(2)23(6-7-31(29)45)20-43-12-8-24(9-13-43)40-32-30-17-27(18-35(36,37)38)49-33(30)42-34(41-32)48-3/h6-7,16-17,24-25,28H,5,8-15,18,20-21H2,1-4H3,(H,40,41,42)/t25-/m0/s1. The van der Waals surface area contributed by atoms with Gasteiger partial charge in [0.1, 0.15) is 32.2 Å². The Bertz CT molecular complexity index is 1990. The Kier molecular flexibility index (Phi) is 10.7. The Morgan fingerprint density at radius 3 is 2.44 bits per heavy atom. The molecule has 0 radical (unpaired) electrons. The first kappa shape index (κ1) is 36.3. The number of aryl methyl sites for hydroxylation is 1. The third-order valence-corrected chi connectivity index (χ3v) is 13.1. The molecule has 5 heterocycles. The van der Waals surface area contributed by atoms with E-state index in [1.54, 1.807) is 0 Å². The van der Waals surface area contributed by atoms with Gasteiger partial charge in [0.25, 0.3) is 0 Å². The largest absolute Gasteiger partial charge is 0.467 e. The minimum atomic E-state index is -4.30. The second-order valence-electron chi connectivity index (χ2n) is 13.6. The van der Waals surface area contributed by atoms with Gasteiger partial charge in [-0.2, -0.15) is 28.4 Å². The molecular weight excluding hydrogens is 688 g/mol. The quantitative estimate of drug-likeness (QED) is 0.190. The van der Waals surface area contributed by atoms with Crippen LogP contribution in [0.3, 0.4) is 0 Å². The monoisotopic (exact) mass is 731 g/mol. The number of ether oxygens (including phenoxy) is 1. The Morgan fingerprint density at radius 2 is 1.82 bits per heavy atom. The lowest BCUT2D eigenvalue weighted by Crippen LogP contribution is -2.46. The molecule has 0 aliphatic carbocycles. The molecule has 50 heavy (non-hydrogen) atoms. The zero-order chi connectivity index (χ0) is 35.8. The summed E-state index contributed by atoms with van der Waals surface area (Å²) in [6.07, 6.45) is -0.119. The number of halogens is 3. The Morgan fingerprint density at radius 1 is 1.10 bits per heavy atom. The van der Waals surface area contributed by atoms with E-state index in [0.29, 0.717) is 41.1 Å². The molecule has 2 saturated heterocycles. The van der Waals surface area contributed by atoms with Crippen LogP contribution in [0.1, 0.15) is 60.7 Å². The highest BCUT2D eigenvalue weighted by Crippen LogP contribution is 2.35. The van der Waals surface area contributed by atoms with Crippen LogP contribution >= 0.6 is 11.3 Å². The molecule has 1 aromatic carbocycles. The number of alkyl halides is 3. The number of sulfone groups is 1. The lowest BCUT2D eigenvalue weighted by atomic mass is 10.0. The van der Waals surface area contributed by atoms with Crippen LogP contribution in [0.4, 0.5) is 19.0 Å². The molecule has 2 aliphatic rings. The van der Waals surface area contributed by atoms with Gasteiger partial charge in [0.2, 0.25) is 0 Å². The predicted octanol–water partition coefficient (Wildman–Crippen LogP) is 6.30. The molecule has 2 fully saturated rings. The fourth-order valence-corrected chi connectivity index (χ4v) is 9.59. The highest BCUT2D eigenvalue weighted by atomic mass is 32.2. The summed E-state index contributed by atoms with van der Waals surface area (Å²) in [5.41, 5.74) is 4.03. The molecule has 0 saturated carbocycles. The highest BCUT2D eigenvalue weighted by molar-refractivity contribution is 7.91. The van der Waals surface area contributed by atoms with Crippen LogP contribution in [0, 0.1) is 18.3 Å². The fraction of sp³-hybridized carbons (Fsp3) is 0.571. The predicted molar refractivity (Wildman–Crippen MR) is 191 cm³/mol. The second kappa shape index (κ2) is 14.7. The van der Waals surface area contributed by atoms with Gasteiger partial charge in [-0.3, -0.25) is 9.80 Å². The molecule has 1 atom stereocenters. The first-order valence-corrected chi connectivity index (χ1v) is 19.9. The topological polar surface area (TPSA) is 116 Å². The van der Waals surface area contributed by atoms with Gasteiger partial charge < -0.3 is 14.6 Å². The van der Waals surface area contributed by atoms with Gasteiger partial charge in [-0.05, 0) is 81.4 Å². The van der Waals surface area contributed by atoms with Crippen LogP contribution in [-0.4, -0.2) is 95.8 Å². The Labute approximate surface area is 295 Å². The van der Waals surface area contributed by atoms with E-state index in [0.717, 1.165) is 79.8 Å². The van der Waals surface area contributed by atoms with E-state index in [4.69, 9.17) is 4.74 Å². The molecule has 2 aliphatic heterocycles. The van der Waals surface area contributed by atoms with Gasteiger partial charge >= 0.3 is 12.2 Å². The van der Waals surface area contributed by atoms with E-state index in [1.165, 1.54) is 25.0 Å². The number of rotatable bonds is 11. The van der Waals surface area contributed by atoms with Gasteiger partial charge in [-0.25, -0.2) is 8.42 Å². The molecule has 10 nitrogen and oxygen atoms in total. The van der Waals surface area contributed by atoms with E-state index < -0.39 is 22.4 Å². The summed E-state index contributed by atoms with van der Waals surface area (Å²) in [7, 11) is -1.60. The minimum absolute atomic E-state index is 0.0968. The van der Waals surface area contributed by atoms with Crippen molar-refractivity contribution in [2.75, 3.05) is 44.9 Å². The number of methoxy groups -OCH3 is 1. The van der Waals surface area contributed by atoms with Crippen molar-refractivity contribution in [1.82, 2.24) is 24.3 Å². The number of nitriles is 1. The summed E-state index contributed by atoms with van der Waals surface area (Å²) in [4.78, 5) is 14.2. The number of fused-ring (bicyclic) bond motifs is 2. The van der Waals surface area contributed by atoms with Crippen LogP contribution < -0.4 is 10.1 Å². The Balaban J connectivity index is 1.11. The third kappa shape index (κ3) is 8.03. The summed E-state index contributed by atoms with van der Waals surface area (Å²) in [6, 6.07) is 10.6. The molecule has 1 N–H and O–H groups in total. The Hall–Kier alpha value is -3.45. The molecule has 15 heteroatoms. The summed E-state index contributed by atoms with van der Waals surface area (Å²) in [5, 5.41) is 14.9. The number of hydrogen-bond acceptors (Lipinski definition) is 10. The highest BCUT2D eigenvalue weighted by Gasteiger charge is 2.31. The molecule has 0 bridgehead atoms. The van der Waals surface area contributed by atoms with E-state index in [2.05, 4.69) is 61.7 Å². The lowest BCUT2D eigenvalue weighted by molar-refractivity contribution is -0.126. The number of likely N-dealkylation sites (tertiary alicyclic amines) is 2. The summed E-state index contributed by atoms with van der Waals surface area (Å²) < 4.78 is 70.8.